The van der Waals surface area contributed by atoms with Crippen LogP contribution in [0.4, 0.5) is 0 Å². The van der Waals surface area contributed by atoms with Gasteiger partial charge in [-0.25, -0.2) is 0 Å². The van der Waals surface area contributed by atoms with Crippen molar-refractivity contribution in [2.24, 2.45) is 5.92 Å². The third-order valence-corrected chi connectivity index (χ3v) is 7.15. The van der Waals surface area contributed by atoms with Crippen LogP contribution in [0.25, 0.3) is 0 Å². The third kappa shape index (κ3) is 5.02. The molecule has 1 saturated heterocycles. The smallest absolute Gasteiger partial charge is 0.251 e. The van der Waals surface area contributed by atoms with Crippen molar-refractivity contribution in [3.8, 4) is 0 Å². The minimum Gasteiger partial charge on any atom is -0.352 e. The maximum Gasteiger partial charge on any atom is 0.251 e. The Morgan fingerprint density at radius 2 is 1.72 bits per heavy atom. The van der Waals surface area contributed by atoms with Gasteiger partial charge in [-0.05, 0) is 42.0 Å². The van der Waals surface area contributed by atoms with Gasteiger partial charge in [0, 0.05) is 18.7 Å². The van der Waals surface area contributed by atoms with Crippen LogP contribution in [0.1, 0.15) is 59.0 Å². The highest BCUT2D eigenvalue weighted by Crippen LogP contribution is 2.39. The van der Waals surface area contributed by atoms with Crippen molar-refractivity contribution in [2.45, 2.75) is 44.0 Å². The van der Waals surface area contributed by atoms with Crippen molar-refractivity contribution >= 4 is 23.6 Å². The maximum absolute atomic E-state index is 12.5. The lowest BCUT2D eigenvalue weighted by Crippen LogP contribution is -2.30. The van der Waals surface area contributed by atoms with E-state index in [1.54, 1.807) is 11.8 Å². The molecule has 0 spiro atoms. The van der Waals surface area contributed by atoms with E-state index >= 15 is 0 Å². The summed E-state index contributed by atoms with van der Waals surface area (Å²) in [6.07, 6.45) is 6.35. The topological polar surface area (TPSA) is 49.4 Å². The van der Waals surface area contributed by atoms with Crippen LogP contribution >= 0.6 is 11.8 Å². The van der Waals surface area contributed by atoms with Crippen LogP contribution in [0.3, 0.4) is 0 Å². The van der Waals surface area contributed by atoms with Crippen molar-refractivity contribution in [3.63, 3.8) is 0 Å². The summed E-state index contributed by atoms with van der Waals surface area (Å²) >= 11 is 1.65. The van der Waals surface area contributed by atoms with Crippen LogP contribution in [0.2, 0.25) is 0 Å². The molecule has 29 heavy (non-hydrogen) atoms. The first-order chi connectivity index (χ1) is 14.2. The second-order valence-corrected chi connectivity index (χ2v) is 9.08. The van der Waals surface area contributed by atoms with E-state index in [1.165, 1.54) is 32.1 Å². The highest BCUT2D eigenvalue weighted by atomic mass is 32.2. The number of nitrogens with one attached hydrogen (secondary N) is 1. The Kier molecular flexibility index (Phi) is 6.55. The molecule has 0 aromatic heterocycles. The molecule has 0 radical (unpaired) electrons. The summed E-state index contributed by atoms with van der Waals surface area (Å²) in [5, 5.41) is 3.10. The summed E-state index contributed by atoms with van der Waals surface area (Å²) in [6.45, 7) is 1.39. The zero-order valence-corrected chi connectivity index (χ0v) is 17.5. The summed E-state index contributed by atoms with van der Waals surface area (Å²) in [7, 11) is 0. The fourth-order valence-electron chi connectivity index (χ4n) is 4.21. The number of carbonyl (C=O) groups excluding carboxylic acids is 2. The number of hydrogen-bond acceptors (Lipinski definition) is 3. The fourth-order valence-corrected chi connectivity index (χ4v) is 5.40. The van der Waals surface area contributed by atoms with Gasteiger partial charge in [-0.1, -0.05) is 61.7 Å². The Bertz CT molecular complexity index is 832. The van der Waals surface area contributed by atoms with Gasteiger partial charge in [-0.3, -0.25) is 9.59 Å². The zero-order valence-electron chi connectivity index (χ0n) is 16.7. The van der Waals surface area contributed by atoms with Gasteiger partial charge in [0.25, 0.3) is 5.91 Å². The van der Waals surface area contributed by atoms with Gasteiger partial charge in [0.15, 0.2) is 0 Å². The third-order valence-electron chi connectivity index (χ3n) is 5.90. The Morgan fingerprint density at radius 3 is 2.45 bits per heavy atom. The minimum absolute atomic E-state index is 0.00147. The predicted molar refractivity (Wildman–Crippen MR) is 118 cm³/mol. The lowest BCUT2D eigenvalue weighted by Gasteiger charge is -2.24. The summed E-state index contributed by atoms with van der Waals surface area (Å²) in [5.74, 6) is 1.29. The summed E-state index contributed by atoms with van der Waals surface area (Å²) < 4.78 is 0. The molecule has 152 valence electrons. The molecule has 2 fully saturated rings. The van der Waals surface area contributed by atoms with E-state index in [-0.39, 0.29) is 17.2 Å². The van der Waals surface area contributed by atoms with E-state index in [0.717, 1.165) is 17.7 Å². The van der Waals surface area contributed by atoms with Gasteiger partial charge in [-0.15, -0.1) is 11.8 Å². The number of nitrogens with zero attached hydrogens (tertiary/aromatic N) is 1. The summed E-state index contributed by atoms with van der Waals surface area (Å²) in [6, 6.07) is 17.8. The lowest BCUT2D eigenvalue weighted by atomic mass is 9.89. The zero-order chi connectivity index (χ0) is 20.1. The van der Waals surface area contributed by atoms with Crippen molar-refractivity contribution in [2.75, 3.05) is 12.3 Å². The van der Waals surface area contributed by atoms with Crippen molar-refractivity contribution < 1.29 is 9.59 Å². The van der Waals surface area contributed by atoms with Crippen LogP contribution in [-0.2, 0) is 11.3 Å². The normalized spacial score (nSPS) is 20.1. The molecule has 2 aliphatic rings. The van der Waals surface area contributed by atoms with Gasteiger partial charge >= 0.3 is 0 Å². The molecule has 1 N–H and O–H groups in total. The highest BCUT2D eigenvalue weighted by molar-refractivity contribution is 8.00. The molecular formula is C24H28N2O2S. The molecule has 0 bridgehead atoms. The van der Waals surface area contributed by atoms with E-state index < -0.39 is 0 Å². The second-order valence-electron chi connectivity index (χ2n) is 8.01. The molecule has 2 aromatic rings. The number of thioether (sulfide) groups is 1. The minimum atomic E-state index is -0.00147. The SMILES string of the molecule is O=C(NCC1CCCCC1)c1ccc(C2SCC(=O)N2Cc2ccccc2)cc1. The molecule has 2 amide bonds. The highest BCUT2D eigenvalue weighted by Gasteiger charge is 2.32. The van der Waals surface area contributed by atoms with Gasteiger partial charge < -0.3 is 10.2 Å². The van der Waals surface area contributed by atoms with E-state index in [9.17, 15) is 9.59 Å². The summed E-state index contributed by atoms with van der Waals surface area (Å²) in [5.41, 5.74) is 2.89. The van der Waals surface area contributed by atoms with Crippen LogP contribution in [-0.4, -0.2) is 29.0 Å². The van der Waals surface area contributed by atoms with Crippen molar-refractivity contribution in [1.82, 2.24) is 10.2 Å². The number of rotatable bonds is 6. The Balaban J connectivity index is 1.38. The molecule has 4 rings (SSSR count). The Morgan fingerprint density at radius 1 is 1.00 bits per heavy atom. The first-order valence-corrected chi connectivity index (χ1v) is 11.6. The lowest BCUT2D eigenvalue weighted by molar-refractivity contribution is -0.128. The monoisotopic (exact) mass is 408 g/mol. The van der Waals surface area contributed by atoms with Gasteiger partial charge in [0.2, 0.25) is 5.91 Å². The van der Waals surface area contributed by atoms with E-state index in [2.05, 4.69) is 5.32 Å². The first-order valence-electron chi connectivity index (χ1n) is 10.5. The predicted octanol–water partition coefficient (Wildman–Crippen LogP) is 4.77. The van der Waals surface area contributed by atoms with Crippen LogP contribution in [0, 0.1) is 5.92 Å². The van der Waals surface area contributed by atoms with Crippen LogP contribution in [0.5, 0.6) is 0 Å². The maximum atomic E-state index is 12.5. The number of amides is 2. The van der Waals surface area contributed by atoms with E-state index in [0.29, 0.717) is 23.8 Å². The van der Waals surface area contributed by atoms with E-state index in [4.69, 9.17) is 0 Å². The fraction of sp³-hybridized carbons (Fsp3) is 0.417. The van der Waals surface area contributed by atoms with Crippen molar-refractivity contribution in [3.05, 3.63) is 71.3 Å². The average Bonchev–Trinajstić information content (AvgIpc) is 3.14. The van der Waals surface area contributed by atoms with Crippen LogP contribution < -0.4 is 5.32 Å². The standard InChI is InChI=1S/C24H28N2O2S/c27-22-17-29-24(26(22)16-19-9-5-2-6-10-19)21-13-11-20(12-14-21)23(28)25-15-18-7-3-1-4-8-18/h2,5-6,9-14,18,24H,1,3-4,7-8,15-17H2,(H,25,28). The largest absolute Gasteiger partial charge is 0.352 e. The molecular weight excluding hydrogens is 380 g/mol. The molecule has 1 heterocycles. The average molecular weight is 409 g/mol. The molecule has 1 aliphatic carbocycles. The molecule has 1 saturated carbocycles. The molecule has 4 nitrogen and oxygen atoms in total. The molecule has 1 unspecified atom stereocenters. The molecule has 2 aromatic carbocycles. The molecule has 1 aliphatic heterocycles. The summed E-state index contributed by atoms with van der Waals surface area (Å²) in [4.78, 5) is 26.8. The van der Waals surface area contributed by atoms with E-state index in [1.807, 2.05) is 59.5 Å². The second kappa shape index (κ2) is 9.49. The van der Waals surface area contributed by atoms with Gasteiger partial charge in [-0.2, -0.15) is 0 Å². The number of hydrogen-bond donors (Lipinski definition) is 1. The number of benzene rings is 2. The molecule has 5 heteroatoms. The van der Waals surface area contributed by atoms with Crippen LogP contribution in [0.15, 0.2) is 54.6 Å². The van der Waals surface area contributed by atoms with Gasteiger partial charge in [0.1, 0.15) is 5.37 Å². The Labute approximate surface area is 177 Å². The number of carbonyl (C=O) groups is 2. The van der Waals surface area contributed by atoms with Crippen molar-refractivity contribution in [1.29, 1.82) is 0 Å². The van der Waals surface area contributed by atoms with Gasteiger partial charge in [0.05, 0.1) is 5.75 Å². The first kappa shape index (κ1) is 20.0. The quantitative estimate of drug-likeness (QED) is 0.749. The molecule has 1 atom stereocenters. The Hall–Kier alpha value is -2.27.